The predicted molar refractivity (Wildman–Crippen MR) is 91.5 cm³/mol. The van der Waals surface area contributed by atoms with Crippen LogP contribution in [0.25, 0.3) is 6.08 Å². The molecular formula is C15H14Cl2N2O3S. The van der Waals surface area contributed by atoms with Crippen LogP contribution in [-0.4, -0.2) is 53.9 Å². The van der Waals surface area contributed by atoms with E-state index < -0.39 is 0 Å². The highest BCUT2D eigenvalue weighted by atomic mass is 35.5. The van der Waals surface area contributed by atoms with Crippen LogP contribution < -0.4 is 0 Å². The number of benzene rings is 1. The van der Waals surface area contributed by atoms with Crippen molar-refractivity contribution >= 4 is 52.2 Å². The molecule has 0 aliphatic carbocycles. The third kappa shape index (κ3) is 3.89. The number of carbonyl (C=O) groups is 2. The SMILES string of the molecule is O=C1S/C(=C\c2ccc(Cl)cc2Cl)C(=O)N1CN1CCOCC1. The number of ether oxygens (including phenoxy) is 1. The maximum absolute atomic E-state index is 12.5. The van der Waals surface area contributed by atoms with Gasteiger partial charge in [0.05, 0.1) is 24.8 Å². The van der Waals surface area contributed by atoms with Crippen molar-refractivity contribution in [3.8, 4) is 0 Å². The van der Waals surface area contributed by atoms with Gasteiger partial charge in [0.25, 0.3) is 11.1 Å². The Morgan fingerprint density at radius 2 is 1.96 bits per heavy atom. The van der Waals surface area contributed by atoms with E-state index in [4.69, 9.17) is 27.9 Å². The summed E-state index contributed by atoms with van der Waals surface area (Å²) in [5.41, 5.74) is 0.660. The largest absolute Gasteiger partial charge is 0.379 e. The molecule has 2 amide bonds. The fourth-order valence-corrected chi connectivity index (χ4v) is 3.61. The van der Waals surface area contributed by atoms with Gasteiger partial charge >= 0.3 is 0 Å². The lowest BCUT2D eigenvalue weighted by Crippen LogP contribution is -2.45. The second-order valence-corrected chi connectivity index (χ2v) is 6.98. The molecule has 0 radical (unpaired) electrons. The van der Waals surface area contributed by atoms with E-state index in [-0.39, 0.29) is 11.1 Å². The van der Waals surface area contributed by atoms with E-state index in [0.717, 1.165) is 11.8 Å². The van der Waals surface area contributed by atoms with Gasteiger partial charge < -0.3 is 4.74 Å². The standard InChI is InChI=1S/C15H14Cl2N2O3S/c16-11-2-1-10(12(17)8-11)7-13-14(20)19(15(21)23-13)9-18-3-5-22-6-4-18/h1-2,7-8H,3-6,9H2/b13-7-. The van der Waals surface area contributed by atoms with E-state index in [1.165, 1.54) is 4.90 Å². The Bertz CT molecular complexity index is 675. The zero-order valence-corrected chi connectivity index (χ0v) is 14.5. The minimum absolute atomic E-state index is 0.266. The molecule has 5 nitrogen and oxygen atoms in total. The van der Waals surface area contributed by atoms with E-state index >= 15 is 0 Å². The summed E-state index contributed by atoms with van der Waals surface area (Å²) in [5.74, 6) is -0.294. The van der Waals surface area contributed by atoms with Crippen molar-refractivity contribution in [1.29, 1.82) is 0 Å². The Morgan fingerprint density at radius 1 is 1.22 bits per heavy atom. The van der Waals surface area contributed by atoms with Crippen LogP contribution in [0.15, 0.2) is 23.1 Å². The van der Waals surface area contributed by atoms with Crippen molar-refractivity contribution in [2.45, 2.75) is 0 Å². The first-order valence-electron chi connectivity index (χ1n) is 7.05. The van der Waals surface area contributed by atoms with Crippen LogP contribution >= 0.6 is 35.0 Å². The van der Waals surface area contributed by atoms with Gasteiger partial charge in [0.15, 0.2) is 0 Å². The normalized spacial score (nSPS) is 21.5. The number of hydrogen-bond acceptors (Lipinski definition) is 5. The van der Waals surface area contributed by atoms with E-state index in [2.05, 4.69) is 0 Å². The number of morpholine rings is 1. The fraction of sp³-hybridized carbons (Fsp3) is 0.333. The number of imide groups is 1. The highest BCUT2D eigenvalue weighted by Crippen LogP contribution is 2.34. The molecule has 2 aliphatic heterocycles. The zero-order valence-electron chi connectivity index (χ0n) is 12.1. The minimum Gasteiger partial charge on any atom is -0.379 e. The molecule has 2 fully saturated rings. The maximum Gasteiger partial charge on any atom is 0.294 e. The molecule has 0 saturated carbocycles. The highest BCUT2D eigenvalue weighted by Gasteiger charge is 2.36. The van der Waals surface area contributed by atoms with Crippen LogP contribution in [0.3, 0.4) is 0 Å². The van der Waals surface area contributed by atoms with E-state index in [0.29, 0.717) is 53.5 Å². The Hall–Kier alpha value is -1.05. The third-order valence-corrected chi connectivity index (χ3v) is 5.04. The zero-order chi connectivity index (χ0) is 16.4. The van der Waals surface area contributed by atoms with Crippen molar-refractivity contribution in [3.05, 3.63) is 38.7 Å². The van der Waals surface area contributed by atoms with E-state index in [9.17, 15) is 9.59 Å². The summed E-state index contributed by atoms with van der Waals surface area (Å²) >= 11 is 12.9. The van der Waals surface area contributed by atoms with Crippen LogP contribution in [0.5, 0.6) is 0 Å². The van der Waals surface area contributed by atoms with Crippen LogP contribution in [0.1, 0.15) is 5.56 Å². The number of halogens is 2. The van der Waals surface area contributed by atoms with E-state index in [1.807, 2.05) is 4.90 Å². The van der Waals surface area contributed by atoms with Crippen LogP contribution in [0.4, 0.5) is 4.79 Å². The number of amides is 2. The molecule has 2 aliphatic rings. The summed E-state index contributed by atoms with van der Waals surface area (Å²) in [5, 5.41) is 0.697. The smallest absolute Gasteiger partial charge is 0.294 e. The monoisotopic (exact) mass is 372 g/mol. The summed E-state index contributed by atoms with van der Waals surface area (Å²) in [4.78, 5) is 28.2. The maximum atomic E-state index is 12.5. The summed E-state index contributed by atoms with van der Waals surface area (Å²) < 4.78 is 5.27. The summed E-state index contributed by atoms with van der Waals surface area (Å²) in [6, 6.07) is 5.02. The lowest BCUT2D eigenvalue weighted by Gasteiger charge is -2.29. The number of carbonyl (C=O) groups excluding carboxylic acids is 2. The Labute approximate surface area is 148 Å². The van der Waals surface area contributed by atoms with Gasteiger partial charge in [0, 0.05) is 23.1 Å². The second-order valence-electron chi connectivity index (χ2n) is 5.15. The van der Waals surface area contributed by atoms with Gasteiger partial charge in [-0.05, 0) is 35.5 Å². The summed E-state index contributed by atoms with van der Waals surface area (Å²) in [7, 11) is 0. The van der Waals surface area contributed by atoms with Gasteiger partial charge in [0.1, 0.15) is 0 Å². The topological polar surface area (TPSA) is 49.9 Å². The molecule has 0 unspecified atom stereocenters. The number of rotatable bonds is 3. The van der Waals surface area contributed by atoms with E-state index in [1.54, 1.807) is 24.3 Å². The van der Waals surface area contributed by atoms with Crippen molar-refractivity contribution in [2.24, 2.45) is 0 Å². The number of hydrogen-bond donors (Lipinski definition) is 0. The average Bonchev–Trinajstić information content (AvgIpc) is 2.79. The molecule has 0 spiro atoms. The van der Waals surface area contributed by atoms with Gasteiger partial charge in [-0.1, -0.05) is 29.3 Å². The third-order valence-electron chi connectivity index (χ3n) is 3.57. The second kappa shape index (κ2) is 7.23. The first kappa shape index (κ1) is 16.8. The van der Waals surface area contributed by atoms with Gasteiger partial charge in [-0.15, -0.1) is 0 Å². The van der Waals surface area contributed by atoms with Crippen molar-refractivity contribution < 1.29 is 14.3 Å². The molecule has 0 N–H and O–H groups in total. The van der Waals surface area contributed by atoms with Crippen molar-refractivity contribution in [1.82, 2.24) is 9.80 Å². The van der Waals surface area contributed by atoms with Crippen LogP contribution in [0, 0.1) is 0 Å². The summed E-state index contributed by atoms with van der Waals surface area (Å²) in [6.07, 6.45) is 1.63. The summed E-state index contributed by atoms with van der Waals surface area (Å²) in [6.45, 7) is 2.95. The van der Waals surface area contributed by atoms with Crippen molar-refractivity contribution in [2.75, 3.05) is 33.0 Å². The first-order valence-corrected chi connectivity index (χ1v) is 8.62. The van der Waals surface area contributed by atoms with Crippen LogP contribution in [-0.2, 0) is 9.53 Å². The van der Waals surface area contributed by atoms with Gasteiger partial charge in [0.2, 0.25) is 0 Å². The molecule has 1 aromatic rings. The molecule has 8 heteroatoms. The molecular weight excluding hydrogens is 359 g/mol. The molecule has 2 heterocycles. The fourth-order valence-electron chi connectivity index (χ4n) is 2.32. The predicted octanol–water partition coefficient (Wildman–Crippen LogP) is 3.32. The highest BCUT2D eigenvalue weighted by molar-refractivity contribution is 8.18. The molecule has 0 atom stereocenters. The minimum atomic E-state index is -0.294. The average molecular weight is 373 g/mol. The van der Waals surface area contributed by atoms with Gasteiger partial charge in [-0.3, -0.25) is 19.4 Å². The Balaban J connectivity index is 1.76. The molecule has 0 bridgehead atoms. The lowest BCUT2D eigenvalue weighted by atomic mass is 10.2. The lowest BCUT2D eigenvalue weighted by molar-refractivity contribution is -0.125. The quantitative estimate of drug-likeness (QED) is 0.761. The molecule has 2 saturated heterocycles. The molecule has 122 valence electrons. The Kier molecular flexibility index (Phi) is 5.28. The Morgan fingerprint density at radius 3 is 2.65 bits per heavy atom. The molecule has 0 aromatic heterocycles. The van der Waals surface area contributed by atoms with Crippen molar-refractivity contribution in [3.63, 3.8) is 0 Å². The van der Waals surface area contributed by atoms with Crippen LogP contribution in [0.2, 0.25) is 10.0 Å². The van der Waals surface area contributed by atoms with Gasteiger partial charge in [-0.25, -0.2) is 0 Å². The number of nitrogens with zero attached hydrogens (tertiary/aromatic N) is 2. The molecule has 3 rings (SSSR count). The molecule has 23 heavy (non-hydrogen) atoms. The number of thioether (sulfide) groups is 1. The van der Waals surface area contributed by atoms with Gasteiger partial charge in [-0.2, -0.15) is 0 Å². The first-order chi connectivity index (χ1) is 11.0. The molecule has 1 aromatic carbocycles.